The molecule has 1 aromatic rings. The lowest BCUT2D eigenvalue weighted by Gasteiger charge is -2.12. The summed E-state index contributed by atoms with van der Waals surface area (Å²) < 4.78 is 14.8. The van der Waals surface area contributed by atoms with Crippen molar-refractivity contribution in [3.63, 3.8) is 0 Å². The van der Waals surface area contributed by atoms with Crippen LogP contribution in [-0.4, -0.2) is 37.7 Å². The maximum Gasteiger partial charge on any atom is 0.340 e. The normalized spacial score (nSPS) is 9.50. The van der Waals surface area contributed by atoms with E-state index < -0.39 is 17.9 Å². The number of carbonyl (C=O) groups is 3. The van der Waals surface area contributed by atoms with E-state index >= 15 is 0 Å². The molecule has 6 nitrogen and oxygen atoms in total. The van der Waals surface area contributed by atoms with Crippen molar-refractivity contribution in [2.24, 2.45) is 0 Å². The van der Waals surface area contributed by atoms with Crippen molar-refractivity contribution < 1.29 is 28.6 Å². The Labute approximate surface area is 140 Å². The van der Waals surface area contributed by atoms with Crippen LogP contribution in [0, 0.1) is 0 Å². The summed E-state index contributed by atoms with van der Waals surface area (Å²) in [5, 5.41) is 0. The first-order chi connectivity index (χ1) is 11.6. The highest BCUT2D eigenvalue weighted by molar-refractivity contribution is 6.10. The first-order valence-corrected chi connectivity index (χ1v) is 7.03. The van der Waals surface area contributed by atoms with Crippen LogP contribution < -0.4 is 0 Å². The summed E-state index contributed by atoms with van der Waals surface area (Å²) in [6.07, 6.45) is 4.14. The lowest BCUT2D eigenvalue weighted by molar-refractivity contribution is 0.0483. The summed E-state index contributed by atoms with van der Waals surface area (Å²) >= 11 is 0. The zero-order chi connectivity index (χ0) is 17.9. The number of benzene rings is 1. The Kier molecular flexibility index (Phi) is 7.70. The number of hydrogen-bond donors (Lipinski definition) is 0. The van der Waals surface area contributed by atoms with Gasteiger partial charge in [-0.15, -0.1) is 0 Å². The third-order valence-electron chi connectivity index (χ3n) is 2.71. The van der Waals surface area contributed by atoms with Gasteiger partial charge in [0.15, 0.2) is 0 Å². The second kappa shape index (κ2) is 9.78. The molecular weight excluding hydrogens is 312 g/mol. The van der Waals surface area contributed by atoms with Crippen LogP contribution in [0.3, 0.4) is 0 Å². The van der Waals surface area contributed by atoms with E-state index in [0.29, 0.717) is 0 Å². The van der Waals surface area contributed by atoms with Crippen molar-refractivity contribution in [1.29, 1.82) is 0 Å². The average Bonchev–Trinajstić information content (AvgIpc) is 2.61. The summed E-state index contributed by atoms with van der Waals surface area (Å²) in [5.41, 5.74) is -0.416. The lowest BCUT2D eigenvalue weighted by Crippen LogP contribution is -2.20. The molecule has 0 amide bonds. The van der Waals surface area contributed by atoms with E-state index in [9.17, 15) is 14.4 Å². The monoisotopic (exact) mass is 330 g/mol. The smallest absolute Gasteiger partial charge is 0.340 e. The number of carbonyl (C=O) groups excluding carboxylic acids is 3. The summed E-state index contributed by atoms with van der Waals surface area (Å²) in [7, 11) is 0. The van der Waals surface area contributed by atoms with Crippen molar-refractivity contribution in [1.82, 2.24) is 0 Å². The fraction of sp³-hybridized carbons (Fsp3) is 0.167. The molecule has 0 radical (unpaired) electrons. The predicted octanol–water partition coefficient (Wildman–Crippen LogP) is 2.72. The van der Waals surface area contributed by atoms with Gasteiger partial charge in [0.1, 0.15) is 19.8 Å². The van der Waals surface area contributed by atoms with Gasteiger partial charge in [-0.25, -0.2) is 14.4 Å². The molecule has 0 N–H and O–H groups in total. The summed E-state index contributed by atoms with van der Waals surface area (Å²) in [6, 6.07) is 4.17. The lowest BCUT2D eigenvalue weighted by atomic mass is 10.0. The topological polar surface area (TPSA) is 78.9 Å². The van der Waals surface area contributed by atoms with Crippen LogP contribution in [-0.2, 0) is 14.2 Å². The largest absolute Gasteiger partial charge is 0.458 e. The summed E-state index contributed by atoms with van der Waals surface area (Å²) in [4.78, 5) is 36.5. The molecule has 6 heteroatoms. The van der Waals surface area contributed by atoms with Crippen LogP contribution in [0.4, 0.5) is 0 Å². The third kappa shape index (κ3) is 4.95. The fourth-order valence-corrected chi connectivity index (χ4v) is 1.74. The van der Waals surface area contributed by atoms with Crippen LogP contribution in [0.2, 0.25) is 0 Å². The van der Waals surface area contributed by atoms with E-state index in [1.54, 1.807) is 0 Å². The molecule has 0 aliphatic rings. The van der Waals surface area contributed by atoms with Crippen molar-refractivity contribution in [3.8, 4) is 0 Å². The maximum absolute atomic E-state index is 12.3. The quantitative estimate of drug-likeness (QED) is 0.393. The zero-order valence-corrected chi connectivity index (χ0v) is 13.2. The molecule has 0 fully saturated rings. The Morgan fingerprint density at radius 3 is 1.50 bits per heavy atom. The van der Waals surface area contributed by atoms with Gasteiger partial charge in [0, 0.05) is 0 Å². The van der Waals surface area contributed by atoms with Gasteiger partial charge in [-0.3, -0.25) is 0 Å². The molecule has 0 spiro atoms. The minimum Gasteiger partial charge on any atom is -0.458 e. The molecule has 0 saturated carbocycles. The molecule has 0 aliphatic heterocycles. The van der Waals surface area contributed by atoms with E-state index in [0.717, 1.165) is 0 Å². The number of esters is 3. The van der Waals surface area contributed by atoms with Gasteiger partial charge in [-0.1, -0.05) is 44.0 Å². The maximum atomic E-state index is 12.3. The minimum atomic E-state index is -0.855. The Morgan fingerprint density at radius 1 is 0.750 bits per heavy atom. The first kappa shape index (κ1) is 18.9. The van der Waals surface area contributed by atoms with Crippen molar-refractivity contribution in [2.45, 2.75) is 0 Å². The molecule has 0 aromatic heterocycles. The first-order valence-electron chi connectivity index (χ1n) is 7.03. The Bertz CT molecular complexity index is 617. The van der Waals surface area contributed by atoms with Crippen LogP contribution >= 0.6 is 0 Å². The second-order valence-electron chi connectivity index (χ2n) is 4.39. The van der Waals surface area contributed by atoms with Gasteiger partial charge < -0.3 is 14.2 Å². The Morgan fingerprint density at radius 2 is 1.12 bits per heavy atom. The predicted molar refractivity (Wildman–Crippen MR) is 87.9 cm³/mol. The fourth-order valence-electron chi connectivity index (χ4n) is 1.74. The van der Waals surface area contributed by atoms with Gasteiger partial charge in [0.25, 0.3) is 0 Å². The second-order valence-corrected chi connectivity index (χ2v) is 4.39. The van der Waals surface area contributed by atoms with Crippen LogP contribution in [0.25, 0.3) is 0 Å². The van der Waals surface area contributed by atoms with E-state index in [1.165, 1.54) is 36.4 Å². The minimum absolute atomic E-state index is 0.0366. The van der Waals surface area contributed by atoms with Gasteiger partial charge in [0.05, 0.1) is 16.7 Å². The number of hydrogen-bond acceptors (Lipinski definition) is 6. The molecule has 0 aliphatic carbocycles. The standard InChI is InChI=1S/C18H18O6/c1-4-10-22-16(19)13-8-7-9-14(17(20)23-11-5-2)15(13)18(21)24-12-6-3/h4-9H,1-3,10-12H2. The Balaban J connectivity index is 3.31. The van der Waals surface area contributed by atoms with Crippen molar-refractivity contribution >= 4 is 17.9 Å². The van der Waals surface area contributed by atoms with Gasteiger partial charge in [-0.2, -0.15) is 0 Å². The molecule has 0 atom stereocenters. The van der Waals surface area contributed by atoms with E-state index in [2.05, 4.69) is 19.7 Å². The summed E-state index contributed by atoms with van der Waals surface area (Å²) in [6.45, 7) is 10.2. The third-order valence-corrected chi connectivity index (χ3v) is 2.71. The van der Waals surface area contributed by atoms with Crippen molar-refractivity contribution in [2.75, 3.05) is 19.8 Å². The molecule has 0 unspecified atom stereocenters. The van der Waals surface area contributed by atoms with Gasteiger partial charge in [-0.05, 0) is 12.1 Å². The number of ether oxygens (including phenoxy) is 3. The average molecular weight is 330 g/mol. The molecule has 0 heterocycles. The van der Waals surface area contributed by atoms with Crippen LogP contribution in [0.15, 0.2) is 56.2 Å². The van der Waals surface area contributed by atoms with Gasteiger partial charge in [0.2, 0.25) is 0 Å². The number of rotatable bonds is 9. The molecule has 126 valence electrons. The Hall–Kier alpha value is -3.15. The van der Waals surface area contributed by atoms with E-state index in [-0.39, 0.29) is 36.5 Å². The van der Waals surface area contributed by atoms with E-state index in [1.807, 2.05) is 0 Å². The molecule has 0 saturated heterocycles. The summed E-state index contributed by atoms with van der Waals surface area (Å²) in [5.74, 6) is -2.41. The molecule has 1 rings (SSSR count). The van der Waals surface area contributed by atoms with Crippen molar-refractivity contribution in [3.05, 3.63) is 72.9 Å². The molecule has 1 aromatic carbocycles. The highest BCUT2D eigenvalue weighted by Crippen LogP contribution is 2.19. The van der Waals surface area contributed by atoms with Crippen LogP contribution in [0.1, 0.15) is 31.1 Å². The SMILES string of the molecule is C=CCOC(=O)c1cccc(C(=O)OCC=C)c1C(=O)OCC=C. The molecule has 24 heavy (non-hydrogen) atoms. The molecular formula is C18H18O6. The van der Waals surface area contributed by atoms with Gasteiger partial charge >= 0.3 is 17.9 Å². The molecule has 0 bridgehead atoms. The zero-order valence-electron chi connectivity index (χ0n) is 13.2. The highest BCUT2D eigenvalue weighted by atomic mass is 16.5. The van der Waals surface area contributed by atoms with Crippen LogP contribution in [0.5, 0.6) is 0 Å². The highest BCUT2D eigenvalue weighted by Gasteiger charge is 2.26. The van der Waals surface area contributed by atoms with E-state index in [4.69, 9.17) is 14.2 Å².